The molecule has 0 atom stereocenters. The van der Waals surface area contributed by atoms with Gasteiger partial charge in [0.05, 0.1) is 18.0 Å². The molecular formula is C23H26N2O4S. The number of anilines is 1. The van der Waals surface area contributed by atoms with Crippen LogP contribution in [0.5, 0.6) is 5.75 Å². The van der Waals surface area contributed by atoms with Crippen molar-refractivity contribution in [2.45, 2.75) is 26.5 Å². The number of nitrogens with one attached hydrogen (secondary N) is 1. The quantitative estimate of drug-likeness (QED) is 0.596. The zero-order valence-corrected chi connectivity index (χ0v) is 18.1. The van der Waals surface area contributed by atoms with Gasteiger partial charge in [-0.2, -0.15) is 0 Å². The molecule has 3 aromatic carbocycles. The highest BCUT2D eigenvalue weighted by molar-refractivity contribution is 7.92. The van der Waals surface area contributed by atoms with Gasteiger partial charge >= 0.3 is 0 Å². The molecule has 1 amide bonds. The van der Waals surface area contributed by atoms with Crippen LogP contribution in [0, 0.1) is 0 Å². The summed E-state index contributed by atoms with van der Waals surface area (Å²) < 4.78 is 31.7. The molecule has 0 unspecified atom stereocenters. The first-order valence-corrected chi connectivity index (χ1v) is 11.6. The first kappa shape index (κ1) is 21.6. The Bertz CT molecular complexity index is 1140. The molecule has 0 bridgehead atoms. The third kappa shape index (κ3) is 5.51. The molecule has 7 heteroatoms. The summed E-state index contributed by atoms with van der Waals surface area (Å²) in [5.74, 6) is 0.341. The minimum absolute atomic E-state index is 0.0545. The van der Waals surface area contributed by atoms with Gasteiger partial charge < -0.3 is 10.1 Å². The van der Waals surface area contributed by atoms with E-state index in [9.17, 15) is 13.2 Å². The summed E-state index contributed by atoms with van der Waals surface area (Å²) in [6.07, 6.45) is 1.16. The van der Waals surface area contributed by atoms with Crippen molar-refractivity contribution in [3.8, 4) is 5.75 Å². The van der Waals surface area contributed by atoms with Gasteiger partial charge in [-0.05, 0) is 43.0 Å². The lowest BCUT2D eigenvalue weighted by molar-refractivity contribution is -0.119. The molecule has 0 spiro atoms. The van der Waals surface area contributed by atoms with E-state index < -0.39 is 10.0 Å². The maximum atomic E-state index is 12.6. The van der Waals surface area contributed by atoms with Crippen LogP contribution in [0.15, 0.2) is 66.7 Å². The number of rotatable bonds is 8. The van der Waals surface area contributed by atoms with E-state index >= 15 is 0 Å². The number of carbonyl (C=O) groups excluding carboxylic acids is 1. The Morgan fingerprint density at radius 2 is 1.73 bits per heavy atom. The Balaban J connectivity index is 1.76. The number of nitrogens with zero attached hydrogens (tertiary/aromatic N) is 1. The summed E-state index contributed by atoms with van der Waals surface area (Å²) in [6, 6.07) is 20.4. The summed E-state index contributed by atoms with van der Waals surface area (Å²) >= 11 is 0. The fraction of sp³-hybridized carbons (Fsp3) is 0.261. The first-order chi connectivity index (χ1) is 14.2. The molecule has 0 aliphatic rings. The highest BCUT2D eigenvalue weighted by atomic mass is 32.2. The van der Waals surface area contributed by atoms with Gasteiger partial charge in [0.1, 0.15) is 12.3 Å². The van der Waals surface area contributed by atoms with Crippen LogP contribution >= 0.6 is 0 Å². The Kier molecular flexibility index (Phi) is 6.62. The van der Waals surface area contributed by atoms with E-state index in [0.717, 1.165) is 32.6 Å². The molecule has 3 aromatic rings. The molecule has 0 aliphatic heterocycles. The van der Waals surface area contributed by atoms with Crippen LogP contribution in [0.4, 0.5) is 5.69 Å². The monoisotopic (exact) mass is 426 g/mol. The first-order valence-electron chi connectivity index (χ1n) is 9.72. The van der Waals surface area contributed by atoms with Crippen molar-refractivity contribution in [3.63, 3.8) is 0 Å². The topological polar surface area (TPSA) is 75.7 Å². The number of hydrogen-bond donors (Lipinski definition) is 1. The number of ether oxygens (including phenoxy) is 1. The van der Waals surface area contributed by atoms with Crippen LogP contribution in [-0.4, -0.2) is 33.2 Å². The summed E-state index contributed by atoms with van der Waals surface area (Å²) in [6.45, 7) is 3.87. The fourth-order valence-corrected chi connectivity index (χ4v) is 4.06. The maximum Gasteiger partial charge on any atom is 0.241 e. The van der Waals surface area contributed by atoms with E-state index in [0.29, 0.717) is 5.69 Å². The van der Waals surface area contributed by atoms with Crippen LogP contribution in [0.1, 0.15) is 19.4 Å². The number of sulfonamides is 1. The molecule has 0 saturated heterocycles. The Hall–Kier alpha value is -3.06. The summed E-state index contributed by atoms with van der Waals surface area (Å²) in [5.41, 5.74) is 1.36. The second kappa shape index (κ2) is 9.17. The smallest absolute Gasteiger partial charge is 0.241 e. The Labute approximate surface area is 177 Å². The zero-order chi connectivity index (χ0) is 21.7. The van der Waals surface area contributed by atoms with E-state index in [1.807, 2.05) is 68.4 Å². The van der Waals surface area contributed by atoms with Crippen molar-refractivity contribution in [1.82, 2.24) is 5.32 Å². The van der Waals surface area contributed by atoms with Gasteiger partial charge in [0.15, 0.2) is 0 Å². The predicted molar refractivity (Wildman–Crippen MR) is 120 cm³/mol. The summed E-state index contributed by atoms with van der Waals surface area (Å²) in [4.78, 5) is 12.6. The standard InChI is InChI=1S/C23H26N2O4S/c1-17(2)29-20-11-6-8-18(14-20)15-24-23(26)16-25(30(3,27)28)22-13-7-10-19-9-4-5-12-21(19)22/h4-14,17H,15-16H2,1-3H3,(H,24,26). The minimum atomic E-state index is -3.66. The van der Waals surface area contributed by atoms with E-state index in [1.165, 1.54) is 0 Å². The lowest BCUT2D eigenvalue weighted by atomic mass is 10.1. The molecule has 3 rings (SSSR count). The molecular weight excluding hydrogens is 400 g/mol. The van der Waals surface area contributed by atoms with Gasteiger partial charge in [-0.25, -0.2) is 8.42 Å². The molecule has 158 valence electrons. The van der Waals surface area contributed by atoms with Gasteiger partial charge in [-0.3, -0.25) is 9.10 Å². The molecule has 30 heavy (non-hydrogen) atoms. The Morgan fingerprint density at radius 3 is 2.47 bits per heavy atom. The minimum Gasteiger partial charge on any atom is -0.491 e. The lowest BCUT2D eigenvalue weighted by Gasteiger charge is -2.23. The van der Waals surface area contributed by atoms with E-state index in [2.05, 4.69) is 5.32 Å². The SMILES string of the molecule is CC(C)Oc1cccc(CNC(=O)CN(c2cccc3ccccc23)S(C)(=O)=O)c1. The zero-order valence-electron chi connectivity index (χ0n) is 17.3. The lowest BCUT2D eigenvalue weighted by Crippen LogP contribution is -2.40. The third-order valence-electron chi connectivity index (χ3n) is 4.48. The van der Waals surface area contributed by atoms with Gasteiger partial charge in [0.2, 0.25) is 15.9 Å². The molecule has 0 radical (unpaired) electrons. The molecule has 0 heterocycles. The normalized spacial score (nSPS) is 11.5. The summed E-state index contributed by atoms with van der Waals surface area (Å²) in [7, 11) is -3.66. The van der Waals surface area contributed by atoms with E-state index in [-0.39, 0.29) is 25.1 Å². The second-order valence-electron chi connectivity index (χ2n) is 7.36. The highest BCUT2D eigenvalue weighted by Gasteiger charge is 2.22. The fourth-order valence-electron chi connectivity index (χ4n) is 3.19. The van der Waals surface area contributed by atoms with E-state index in [1.54, 1.807) is 12.1 Å². The summed E-state index contributed by atoms with van der Waals surface area (Å²) in [5, 5.41) is 4.48. The predicted octanol–water partition coefficient (Wildman–Crippen LogP) is 3.71. The van der Waals surface area contributed by atoms with Crippen molar-refractivity contribution < 1.29 is 17.9 Å². The van der Waals surface area contributed by atoms with Crippen molar-refractivity contribution in [1.29, 1.82) is 0 Å². The van der Waals surface area contributed by atoms with E-state index in [4.69, 9.17) is 4.74 Å². The number of amides is 1. The van der Waals surface area contributed by atoms with Crippen LogP contribution in [0.25, 0.3) is 10.8 Å². The second-order valence-corrected chi connectivity index (χ2v) is 9.27. The largest absolute Gasteiger partial charge is 0.491 e. The van der Waals surface area contributed by atoms with Gasteiger partial charge in [-0.15, -0.1) is 0 Å². The molecule has 6 nitrogen and oxygen atoms in total. The van der Waals surface area contributed by atoms with Crippen molar-refractivity contribution >= 4 is 32.4 Å². The van der Waals surface area contributed by atoms with Crippen LogP contribution in [0.2, 0.25) is 0 Å². The average Bonchev–Trinajstić information content (AvgIpc) is 2.69. The third-order valence-corrected chi connectivity index (χ3v) is 5.61. The number of benzene rings is 3. The number of carbonyl (C=O) groups is 1. The molecule has 0 saturated carbocycles. The van der Waals surface area contributed by atoms with Crippen LogP contribution < -0.4 is 14.4 Å². The maximum absolute atomic E-state index is 12.6. The number of fused-ring (bicyclic) bond motifs is 1. The van der Waals surface area contributed by atoms with Crippen molar-refractivity contribution in [3.05, 3.63) is 72.3 Å². The molecule has 0 fully saturated rings. The molecule has 1 N–H and O–H groups in total. The molecule has 0 aromatic heterocycles. The van der Waals surface area contributed by atoms with Crippen molar-refractivity contribution in [2.24, 2.45) is 0 Å². The van der Waals surface area contributed by atoms with Gasteiger partial charge in [-0.1, -0.05) is 48.5 Å². The Morgan fingerprint density at radius 1 is 1.03 bits per heavy atom. The average molecular weight is 427 g/mol. The highest BCUT2D eigenvalue weighted by Crippen LogP contribution is 2.28. The molecule has 0 aliphatic carbocycles. The van der Waals surface area contributed by atoms with Crippen LogP contribution in [0.3, 0.4) is 0 Å². The van der Waals surface area contributed by atoms with Gasteiger partial charge in [0, 0.05) is 11.9 Å². The van der Waals surface area contributed by atoms with Crippen molar-refractivity contribution in [2.75, 3.05) is 17.1 Å². The number of hydrogen-bond acceptors (Lipinski definition) is 4. The van der Waals surface area contributed by atoms with Crippen LogP contribution in [-0.2, 0) is 21.4 Å². The van der Waals surface area contributed by atoms with Gasteiger partial charge in [0.25, 0.3) is 0 Å².